The number of likely N-dealkylation sites (tertiary alicyclic amines) is 1. The Kier molecular flexibility index (Phi) is 6.08. The lowest BCUT2D eigenvalue weighted by atomic mass is 9.85. The maximum atomic E-state index is 13.1. The molecular weight excluding hydrogens is 398 g/mol. The molecule has 1 spiro atoms. The molecule has 1 aromatic carbocycles. The minimum Gasteiger partial charge on any atom is -0.481 e. The Morgan fingerprint density at radius 3 is 2.45 bits per heavy atom. The molecule has 2 aliphatic heterocycles. The van der Waals surface area contributed by atoms with E-state index >= 15 is 0 Å². The molecule has 2 aliphatic rings. The Labute approximate surface area is 181 Å². The summed E-state index contributed by atoms with van der Waals surface area (Å²) in [5.74, 6) is 0.509. The van der Waals surface area contributed by atoms with Crippen LogP contribution in [0, 0.1) is 0 Å². The summed E-state index contributed by atoms with van der Waals surface area (Å²) in [5.41, 5.74) is 1.06. The van der Waals surface area contributed by atoms with Gasteiger partial charge >= 0.3 is 0 Å². The molecule has 0 N–H and O–H groups in total. The second kappa shape index (κ2) is 8.93. The van der Waals surface area contributed by atoms with Crippen LogP contribution in [0.1, 0.15) is 41.6 Å². The molecule has 31 heavy (non-hydrogen) atoms. The fourth-order valence-electron chi connectivity index (χ4n) is 4.33. The summed E-state index contributed by atoms with van der Waals surface area (Å²) < 4.78 is 10.4. The molecule has 2 fully saturated rings. The van der Waals surface area contributed by atoms with Crippen molar-refractivity contribution in [3.63, 3.8) is 0 Å². The van der Waals surface area contributed by atoms with Crippen LogP contribution in [0.15, 0.2) is 42.5 Å². The molecule has 0 aliphatic carbocycles. The van der Waals surface area contributed by atoms with Crippen LogP contribution in [0.4, 0.5) is 0 Å². The van der Waals surface area contributed by atoms with Crippen LogP contribution in [0.2, 0.25) is 0 Å². The van der Waals surface area contributed by atoms with Crippen molar-refractivity contribution in [2.24, 2.45) is 0 Å². The average Bonchev–Trinajstić information content (AvgIpc) is 3.12. The van der Waals surface area contributed by atoms with Crippen LogP contribution < -0.4 is 9.47 Å². The molecule has 2 saturated heterocycles. The van der Waals surface area contributed by atoms with Crippen molar-refractivity contribution in [2.75, 3.05) is 27.3 Å². The molecule has 4 rings (SSSR count). The van der Waals surface area contributed by atoms with Gasteiger partial charge in [0.1, 0.15) is 12.2 Å². The van der Waals surface area contributed by atoms with Crippen molar-refractivity contribution in [1.82, 2.24) is 14.9 Å². The monoisotopic (exact) mass is 425 g/mol. The smallest absolute Gasteiger partial charge is 0.259 e. The Morgan fingerprint density at radius 2 is 1.77 bits per heavy atom. The van der Waals surface area contributed by atoms with Crippen molar-refractivity contribution in [1.29, 1.82) is 0 Å². The van der Waals surface area contributed by atoms with E-state index in [-0.39, 0.29) is 23.2 Å². The summed E-state index contributed by atoms with van der Waals surface area (Å²) in [4.78, 5) is 37.6. The zero-order valence-corrected chi connectivity index (χ0v) is 17.9. The van der Waals surface area contributed by atoms with E-state index in [4.69, 9.17) is 14.3 Å². The molecule has 0 radical (unpaired) electrons. The largest absolute Gasteiger partial charge is 0.481 e. The highest BCUT2D eigenvalue weighted by Gasteiger charge is 2.49. The number of hydrogen-bond donors (Lipinski definition) is 0. The van der Waals surface area contributed by atoms with Gasteiger partial charge in [0.2, 0.25) is 17.7 Å². The lowest BCUT2D eigenvalue weighted by molar-refractivity contribution is -0.221. The maximum absolute atomic E-state index is 13.1. The SMILES string of the molecule is COc1ccc(C(=O)N2CCC3(CCC(=O)N3OCc3ccccc3)CC2)c(OC)n1. The first-order chi connectivity index (χ1) is 15.1. The molecule has 3 heterocycles. The van der Waals surface area contributed by atoms with E-state index < -0.39 is 0 Å². The predicted molar refractivity (Wildman–Crippen MR) is 113 cm³/mol. The summed E-state index contributed by atoms with van der Waals surface area (Å²) in [5, 5.41) is 1.58. The maximum Gasteiger partial charge on any atom is 0.259 e. The fraction of sp³-hybridized carbons (Fsp3) is 0.435. The van der Waals surface area contributed by atoms with Gasteiger partial charge in [-0.1, -0.05) is 30.3 Å². The number of pyridine rings is 1. The average molecular weight is 425 g/mol. The molecular formula is C23H27N3O5. The minimum atomic E-state index is -0.356. The van der Waals surface area contributed by atoms with Crippen LogP contribution in [0.25, 0.3) is 0 Å². The number of hydroxylamine groups is 2. The number of piperidine rings is 1. The lowest BCUT2D eigenvalue weighted by Crippen LogP contribution is -2.54. The molecule has 164 valence electrons. The van der Waals surface area contributed by atoms with Gasteiger partial charge in [-0.2, -0.15) is 4.98 Å². The first-order valence-electron chi connectivity index (χ1n) is 10.4. The number of amides is 2. The third-order valence-corrected chi connectivity index (χ3v) is 6.11. The number of aromatic nitrogens is 1. The van der Waals surface area contributed by atoms with Crippen molar-refractivity contribution in [3.05, 3.63) is 53.6 Å². The van der Waals surface area contributed by atoms with Gasteiger partial charge in [0.25, 0.3) is 5.91 Å². The number of carbonyl (C=O) groups excluding carboxylic acids is 2. The van der Waals surface area contributed by atoms with Gasteiger partial charge in [0.05, 0.1) is 19.8 Å². The van der Waals surface area contributed by atoms with Crippen molar-refractivity contribution in [2.45, 2.75) is 37.8 Å². The van der Waals surface area contributed by atoms with E-state index in [2.05, 4.69) is 4.98 Å². The van der Waals surface area contributed by atoms with Crippen LogP contribution in [-0.4, -0.2) is 59.6 Å². The molecule has 0 atom stereocenters. The van der Waals surface area contributed by atoms with Crippen molar-refractivity contribution in [3.8, 4) is 11.8 Å². The topological polar surface area (TPSA) is 81.2 Å². The van der Waals surface area contributed by atoms with Crippen LogP contribution in [0.5, 0.6) is 11.8 Å². The van der Waals surface area contributed by atoms with E-state index in [0.29, 0.717) is 50.4 Å². The number of hydrogen-bond acceptors (Lipinski definition) is 6. The molecule has 0 saturated carbocycles. The Balaban J connectivity index is 1.43. The molecule has 8 nitrogen and oxygen atoms in total. The molecule has 1 aromatic heterocycles. The van der Waals surface area contributed by atoms with Crippen molar-refractivity contribution >= 4 is 11.8 Å². The summed E-state index contributed by atoms with van der Waals surface area (Å²) in [6.07, 6.45) is 2.56. The van der Waals surface area contributed by atoms with E-state index in [1.807, 2.05) is 30.3 Å². The van der Waals surface area contributed by atoms with Crippen molar-refractivity contribution < 1.29 is 23.9 Å². The highest BCUT2D eigenvalue weighted by atomic mass is 16.7. The van der Waals surface area contributed by atoms with Crippen LogP contribution in [0.3, 0.4) is 0 Å². The third-order valence-electron chi connectivity index (χ3n) is 6.11. The second-order valence-electron chi connectivity index (χ2n) is 7.87. The fourth-order valence-corrected chi connectivity index (χ4v) is 4.33. The molecule has 8 heteroatoms. The zero-order chi connectivity index (χ0) is 21.8. The molecule has 2 aromatic rings. The predicted octanol–water partition coefficient (Wildman–Crippen LogP) is 2.83. The Hall–Kier alpha value is -3.13. The first kappa shape index (κ1) is 21.1. The second-order valence-corrected chi connectivity index (χ2v) is 7.87. The summed E-state index contributed by atoms with van der Waals surface area (Å²) >= 11 is 0. The van der Waals surface area contributed by atoms with Crippen LogP contribution >= 0.6 is 0 Å². The number of rotatable bonds is 6. The summed E-state index contributed by atoms with van der Waals surface area (Å²) in [7, 11) is 3.00. The van der Waals surface area contributed by atoms with E-state index in [1.54, 1.807) is 22.1 Å². The van der Waals surface area contributed by atoms with Gasteiger partial charge < -0.3 is 14.4 Å². The third kappa shape index (κ3) is 4.20. The van der Waals surface area contributed by atoms with Gasteiger partial charge in [-0.05, 0) is 30.9 Å². The lowest BCUT2D eigenvalue weighted by Gasteiger charge is -2.43. The van der Waals surface area contributed by atoms with E-state index in [9.17, 15) is 9.59 Å². The van der Waals surface area contributed by atoms with E-state index in [0.717, 1.165) is 12.0 Å². The Bertz CT molecular complexity index is 941. The standard InChI is InChI=1S/C23H27N3O5/c1-29-19-9-8-18(21(24-19)30-2)22(28)25-14-12-23(13-15-25)11-10-20(27)26(23)31-16-17-6-4-3-5-7-17/h3-9H,10-16H2,1-2H3. The number of methoxy groups -OCH3 is 2. The van der Waals surface area contributed by atoms with Crippen LogP contribution in [-0.2, 0) is 16.2 Å². The molecule has 2 amide bonds. The van der Waals surface area contributed by atoms with Gasteiger partial charge in [0, 0.05) is 25.6 Å². The van der Waals surface area contributed by atoms with Gasteiger partial charge in [-0.3, -0.25) is 14.4 Å². The van der Waals surface area contributed by atoms with Gasteiger partial charge in [-0.15, -0.1) is 0 Å². The van der Waals surface area contributed by atoms with E-state index in [1.165, 1.54) is 14.2 Å². The normalized spacial score (nSPS) is 17.8. The van der Waals surface area contributed by atoms with Gasteiger partial charge in [-0.25, -0.2) is 5.06 Å². The highest BCUT2D eigenvalue weighted by Crippen LogP contribution is 2.40. The number of ether oxygens (including phenoxy) is 2. The highest BCUT2D eigenvalue weighted by molar-refractivity contribution is 5.96. The quantitative estimate of drug-likeness (QED) is 0.708. The van der Waals surface area contributed by atoms with Gasteiger partial charge in [0.15, 0.2) is 0 Å². The number of benzene rings is 1. The zero-order valence-electron chi connectivity index (χ0n) is 17.9. The molecule has 0 bridgehead atoms. The number of carbonyl (C=O) groups is 2. The summed E-state index contributed by atoms with van der Waals surface area (Å²) in [6, 6.07) is 13.1. The minimum absolute atomic E-state index is 0.0109. The number of nitrogens with zero attached hydrogens (tertiary/aromatic N) is 3. The Morgan fingerprint density at radius 1 is 1.03 bits per heavy atom. The molecule has 0 unspecified atom stereocenters. The first-order valence-corrected chi connectivity index (χ1v) is 10.4. The summed E-state index contributed by atoms with van der Waals surface area (Å²) in [6.45, 7) is 1.42.